The molecule has 1 N–H and O–H groups in total. The van der Waals surface area contributed by atoms with Gasteiger partial charge < -0.3 is 10.1 Å². The fraction of sp³-hybridized carbons (Fsp3) is 0.308. The van der Waals surface area contributed by atoms with E-state index in [9.17, 15) is 22.9 Å². The van der Waals surface area contributed by atoms with E-state index in [2.05, 4.69) is 16.3 Å². The van der Waals surface area contributed by atoms with Gasteiger partial charge in [0.2, 0.25) is 5.91 Å². The number of carbonyl (C=O) groups is 1. The van der Waals surface area contributed by atoms with Crippen molar-refractivity contribution in [2.75, 3.05) is 24.7 Å². The van der Waals surface area contributed by atoms with Crippen LogP contribution in [0.4, 0.5) is 9.39 Å². The number of thiophene rings is 1. The highest BCUT2D eigenvalue weighted by Gasteiger charge is 2.26. The number of benzene rings is 2. The highest BCUT2D eigenvalue weighted by atomic mass is 32.2. The Hall–Kier alpha value is -3.26. The number of sulfone groups is 1. The topological polar surface area (TPSA) is 99.5 Å². The number of rotatable bonds is 8. The van der Waals surface area contributed by atoms with Crippen LogP contribution in [-0.4, -0.2) is 38.6 Å². The average molecular weight is 528 g/mol. The first kappa shape index (κ1) is 25.8. The Labute approximate surface area is 214 Å². The first-order valence-corrected chi connectivity index (χ1v) is 14.2. The minimum Gasteiger partial charge on any atom is -0.493 e. The predicted molar refractivity (Wildman–Crippen MR) is 136 cm³/mol. The maximum atomic E-state index is 13.6. The molecule has 2 heterocycles. The predicted octanol–water partition coefficient (Wildman–Crippen LogP) is 4.30. The molecule has 10 heteroatoms. The van der Waals surface area contributed by atoms with Crippen molar-refractivity contribution in [2.24, 2.45) is 0 Å². The van der Waals surface area contributed by atoms with Crippen LogP contribution in [0.25, 0.3) is 0 Å². The third-order valence-corrected chi connectivity index (χ3v) is 8.20. The van der Waals surface area contributed by atoms with Crippen molar-refractivity contribution in [1.29, 1.82) is 5.26 Å². The zero-order valence-corrected chi connectivity index (χ0v) is 21.6. The number of ether oxygens (including phenoxy) is 1. The molecule has 1 aliphatic rings. The van der Waals surface area contributed by atoms with Crippen LogP contribution < -0.4 is 10.1 Å². The molecule has 36 heavy (non-hydrogen) atoms. The zero-order valence-electron chi connectivity index (χ0n) is 20.0. The van der Waals surface area contributed by atoms with Crippen LogP contribution in [0.2, 0.25) is 0 Å². The molecule has 1 aliphatic heterocycles. The van der Waals surface area contributed by atoms with E-state index in [0.29, 0.717) is 35.8 Å². The van der Waals surface area contributed by atoms with Gasteiger partial charge in [0.1, 0.15) is 27.5 Å². The van der Waals surface area contributed by atoms with Gasteiger partial charge in [0, 0.05) is 36.3 Å². The van der Waals surface area contributed by atoms with Crippen molar-refractivity contribution >= 4 is 32.1 Å². The van der Waals surface area contributed by atoms with Gasteiger partial charge >= 0.3 is 0 Å². The summed E-state index contributed by atoms with van der Waals surface area (Å²) in [6.07, 6.45) is 1.85. The van der Waals surface area contributed by atoms with Gasteiger partial charge in [-0.2, -0.15) is 5.26 Å². The van der Waals surface area contributed by atoms with E-state index in [0.717, 1.165) is 35.2 Å². The van der Waals surface area contributed by atoms with Gasteiger partial charge in [0.05, 0.1) is 18.6 Å². The van der Waals surface area contributed by atoms with Gasteiger partial charge in [-0.25, -0.2) is 12.8 Å². The SMILES string of the molecule is CCOc1cc(CC(=O)Nc2sc3c(c2C#N)CN(Cc2cccc(F)c2)CC3)ccc1S(C)(=O)=O. The second-order valence-corrected chi connectivity index (χ2v) is 11.7. The number of nitriles is 1. The smallest absolute Gasteiger partial charge is 0.229 e. The fourth-order valence-corrected chi connectivity index (χ4v) is 6.24. The quantitative estimate of drug-likeness (QED) is 0.469. The summed E-state index contributed by atoms with van der Waals surface area (Å²) in [5, 5.41) is 13.2. The maximum Gasteiger partial charge on any atom is 0.229 e. The van der Waals surface area contributed by atoms with Gasteiger partial charge in [-0.3, -0.25) is 9.69 Å². The lowest BCUT2D eigenvalue weighted by Crippen LogP contribution is -2.29. The van der Waals surface area contributed by atoms with Crippen molar-refractivity contribution in [3.8, 4) is 11.8 Å². The first-order valence-electron chi connectivity index (χ1n) is 11.4. The second-order valence-electron chi connectivity index (χ2n) is 8.62. The molecule has 2 aromatic carbocycles. The Morgan fingerprint density at radius 3 is 2.75 bits per heavy atom. The molecular formula is C26H26FN3O4S2. The summed E-state index contributed by atoms with van der Waals surface area (Å²) in [5.74, 6) is -0.368. The van der Waals surface area contributed by atoms with Crippen molar-refractivity contribution in [1.82, 2.24) is 4.90 Å². The van der Waals surface area contributed by atoms with E-state index in [1.54, 1.807) is 25.1 Å². The molecule has 0 saturated heterocycles. The molecule has 0 unspecified atom stereocenters. The molecule has 4 rings (SSSR count). The first-order chi connectivity index (χ1) is 17.2. The van der Waals surface area contributed by atoms with Crippen molar-refractivity contribution in [3.63, 3.8) is 0 Å². The van der Waals surface area contributed by atoms with Crippen LogP contribution in [0.15, 0.2) is 47.4 Å². The Balaban J connectivity index is 1.48. The summed E-state index contributed by atoms with van der Waals surface area (Å²) in [4.78, 5) is 16.1. The molecule has 1 aromatic heterocycles. The fourth-order valence-electron chi connectivity index (χ4n) is 4.27. The number of hydrogen-bond donors (Lipinski definition) is 1. The number of carbonyl (C=O) groups excluding carboxylic acids is 1. The molecule has 0 saturated carbocycles. The second kappa shape index (κ2) is 10.8. The normalized spacial score (nSPS) is 13.6. The largest absolute Gasteiger partial charge is 0.493 e. The standard InChI is InChI=1S/C26H26FN3O4S2/c1-3-34-22-12-17(7-8-24(22)36(2,32)33)13-25(31)29-26-20(14-28)21-16-30(10-9-23(21)35-26)15-18-5-4-6-19(27)11-18/h4-8,11-12H,3,9-10,13,15-16H2,1-2H3,(H,29,31). The third kappa shape index (κ3) is 5.93. The minimum absolute atomic E-state index is 0.00322. The van der Waals surface area contributed by atoms with Crippen LogP contribution in [0.1, 0.15) is 34.1 Å². The Kier molecular flexibility index (Phi) is 7.73. The Morgan fingerprint density at radius 1 is 1.25 bits per heavy atom. The van der Waals surface area contributed by atoms with E-state index >= 15 is 0 Å². The molecule has 0 spiro atoms. The molecule has 0 bridgehead atoms. The number of nitrogens with zero attached hydrogens (tertiary/aromatic N) is 2. The van der Waals surface area contributed by atoms with Crippen molar-refractivity contribution in [3.05, 3.63) is 75.4 Å². The average Bonchev–Trinajstić information content (AvgIpc) is 3.14. The van der Waals surface area contributed by atoms with E-state index < -0.39 is 9.84 Å². The number of anilines is 1. The molecule has 0 radical (unpaired) electrons. The molecule has 1 amide bonds. The lowest BCUT2D eigenvalue weighted by atomic mass is 10.0. The minimum atomic E-state index is -3.47. The van der Waals surface area contributed by atoms with E-state index in [1.807, 2.05) is 6.07 Å². The van der Waals surface area contributed by atoms with Crippen LogP contribution in [0.3, 0.4) is 0 Å². The zero-order chi connectivity index (χ0) is 25.9. The highest BCUT2D eigenvalue weighted by molar-refractivity contribution is 7.90. The molecule has 7 nitrogen and oxygen atoms in total. The Morgan fingerprint density at radius 2 is 2.06 bits per heavy atom. The number of nitrogens with one attached hydrogen (secondary N) is 1. The van der Waals surface area contributed by atoms with Gasteiger partial charge in [-0.05, 0) is 48.7 Å². The van der Waals surface area contributed by atoms with Crippen LogP contribution in [-0.2, 0) is 40.6 Å². The molecule has 3 aromatic rings. The summed E-state index contributed by atoms with van der Waals surface area (Å²) in [6, 6.07) is 13.3. The third-order valence-electron chi connectivity index (χ3n) is 5.86. The van der Waals surface area contributed by atoms with Crippen LogP contribution in [0, 0.1) is 17.1 Å². The van der Waals surface area contributed by atoms with Gasteiger partial charge in [-0.15, -0.1) is 11.3 Å². The highest BCUT2D eigenvalue weighted by Crippen LogP contribution is 2.37. The monoisotopic (exact) mass is 527 g/mol. The lowest BCUT2D eigenvalue weighted by Gasteiger charge is -2.27. The van der Waals surface area contributed by atoms with E-state index in [1.165, 1.54) is 29.5 Å². The number of halogens is 1. The van der Waals surface area contributed by atoms with E-state index in [4.69, 9.17) is 4.74 Å². The maximum absolute atomic E-state index is 13.6. The van der Waals surface area contributed by atoms with Crippen LogP contribution >= 0.6 is 11.3 Å². The van der Waals surface area contributed by atoms with E-state index in [-0.39, 0.29) is 28.8 Å². The van der Waals surface area contributed by atoms with Crippen molar-refractivity contribution < 1.29 is 22.3 Å². The lowest BCUT2D eigenvalue weighted by molar-refractivity contribution is -0.115. The summed E-state index contributed by atoms with van der Waals surface area (Å²) in [7, 11) is -3.47. The Bertz CT molecular complexity index is 1440. The van der Waals surface area contributed by atoms with Gasteiger partial charge in [0.25, 0.3) is 0 Å². The molecule has 0 atom stereocenters. The van der Waals surface area contributed by atoms with Crippen molar-refractivity contribution in [2.45, 2.75) is 37.8 Å². The number of amides is 1. The molecule has 0 aliphatic carbocycles. The summed E-state index contributed by atoms with van der Waals surface area (Å²) < 4.78 is 43.0. The summed E-state index contributed by atoms with van der Waals surface area (Å²) in [6.45, 7) is 3.94. The summed E-state index contributed by atoms with van der Waals surface area (Å²) in [5.41, 5.74) is 2.82. The van der Waals surface area contributed by atoms with Gasteiger partial charge in [-0.1, -0.05) is 18.2 Å². The number of fused-ring (bicyclic) bond motifs is 1. The molecular weight excluding hydrogens is 501 g/mol. The molecule has 0 fully saturated rings. The summed E-state index contributed by atoms with van der Waals surface area (Å²) >= 11 is 1.41. The van der Waals surface area contributed by atoms with Gasteiger partial charge in [0.15, 0.2) is 9.84 Å². The number of hydrogen-bond acceptors (Lipinski definition) is 7. The van der Waals surface area contributed by atoms with Crippen LogP contribution in [0.5, 0.6) is 5.75 Å². The molecule has 188 valence electrons.